The van der Waals surface area contributed by atoms with E-state index in [1.54, 1.807) is 23.1 Å². The van der Waals surface area contributed by atoms with Crippen LogP contribution in [0.25, 0.3) is 0 Å². The summed E-state index contributed by atoms with van der Waals surface area (Å²) in [7, 11) is 1.82. The number of carbonyl (C=O) groups excluding carboxylic acids is 1. The summed E-state index contributed by atoms with van der Waals surface area (Å²) < 4.78 is 0. The lowest BCUT2D eigenvalue weighted by Crippen LogP contribution is -2.36. The monoisotopic (exact) mass is 235 g/mol. The lowest BCUT2D eigenvalue weighted by Gasteiger charge is -2.26. The number of benzene rings is 1. The zero-order valence-electron chi connectivity index (χ0n) is 10.7. The molecule has 0 aliphatic rings. The second kappa shape index (κ2) is 5.57. The fourth-order valence-electron chi connectivity index (χ4n) is 2.01. The Morgan fingerprint density at radius 1 is 1.18 bits per heavy atom. The van der Waals surface area contributed by atoms with Crippen molar-refractivity contribution in [1.82, 2.24) is 4.90 Å². The summed E-state index contributed by atoms with van der Waals surface area (Å²) in [4.78, 5) is 14.0. The maximum absolute atomic E-state index is 12.2. The average molecular weight is 235 g/mol. The Labute approximate surface area is 103 Å². The molecule has 1 rings (SSSR count). The van der Waals surface area contributed by atoms with E-state index in [1.165, 1.54) is 0 Å². The number of hydrogen-bond acceptors (Lipinski definition) is 3. The van der Waals surface area contributed by atoms with Gasteiger partial charge < -0.3 is 16.4 Å². The van der Waals surface area contributed by atoms with Crippen molar-refractivity contribution in [1.29, 1.82) is 0 Å². The van der Waals surface area contributed by atoms with Crippen LogP contribution in [0.3, 0.4) is 0 Å². The van der Waals surface area contributed by atoms with Crippen LogP contribution in [0.15, 0.2) is 18.2 Å². The van der Waals surface area contributed by atoms with Crippen molar-refractivity contribution in [3.05, 3.63) is 23.8 Å². The van der Waals surface area contributed by atoms with E-state index >= 15 is 0 Å². The first kappa shape index (κ1) is 13.4. The molecule has 0 saturated heterocycles. The van der Waals surface area contributed by atoms with Crippen LogP contribution in [0.5, 0.6) is 0 Å². The second-order valence-corrected chi connectivity index (χ2v) is 4.27. The molecule has 1 aromatic carbocycles. The van der Waals surface area contributed by atoms with Gasteiger partial charge in [-0.3, -0.25) is 4.79 Å². The van der Waals surface area contributed by atoms with Crippen molar-refractivity contribution in [2.75, 3.05) is 18.5 Å². The van der Waals surface area contributed by atoms with E-state index in [1.807, 2.05) is 7.05 Å². The Morgan fingerprint density at radius 2 is 1.65 bits per heavy atom. The summed E-state index contributed by atoms with van der Waals surface area (Å²) in [6, 6.07) is 5.23. The highest BCUT2D eigenvalue weighted by atomic mass is 16.2. The second-order valence-electron chi connectivity index (χ2n) is 4.27. The number of carbonyl (C=O) groups is 1. The molecule has 0 fully saturated rings. The molecule has 4 N–H and O–H groups in total. The van der Waals surface area contributed by atoms with Gasteiger partial charge >= 0.3 is 0 Å². The predicted octanol–water partition coefficient (Wildman–Crippen LogP) is 2.11. The molecule has 0 bridgehead atoms. The molecule has 0 heterocycles. The minimum atomic E-state index is -0.0299. The number of hydrogen-bond donors (Lipinski definition) is 2. The number of nitrogen functional groups attached to an aromatic ring is 2. The Balaban J connectivity index is 2.95. The van der Waals surface area contributed by atoms with E-state index in [4.69, 9.17) is 11.5 Å². The third kappa shape index (κ3) is 3.12. The minimum Gasteiger partial charge on any atom is -0.399 e. The van der Waals surface area contributed by atoms with Crippen LogP contribution < -0.4 is 11.5 Å². The van der Waals surface area contributed by atoms with Gasteiger partial charge in [-0.05, 0) is 31.0 Å². The molecule has 0 saturated carbocycles. The Kier molecular flexibility index (Phi) is 4.37. The Morgan fingerprint density at radius 3 is 2.06 bits per heavy atom. The maximum Gasteiger partial charge on any atom is 0.253 e. The Hall–Kier alpha value is -1.71. The van der Waals surface area contributed by atoms with Crippen molar-refractivity contribution >= 4 is 17.3 Å². The summed E-state index contributed by atoms with van der Waals surface area (Å²) in [5.74, 6) is -0.0299. The summed E-state index contributed by atoms with van der Waals surface area (Å²) in [6.07, 6.45) is 1.88. The molecule has 0 aliphatic heterocycles. The van der Waals surface area contributed by atoms with Gasteiger partial charge in [-0.2, -0.15) is 0 Å². The summed E-state index contributed by atoms with van der Waals surface area (Å²) in [5, 5.41) is 0. The van der Waals surface area contributed by atoms with Crippen LogP contribution in [0.4, 0.5) is 11.4 Å². The molecular weight excluding hydrogens is 214 g/mol. The largest absolute Gasteiger partial charge is 0.399 e. The van der Waals surface area contributed by atoms with Gasteiger partial charge in [-0.1, -0.05) is 13.8 Å². The van der Waals surface area contributed by atoms with Gasteiger partial charge in [0, 0.05) is 30.0 Å². The fraction of sp³-hybridized carbons (Fsp3) is 0.462. The van der Waals surface area contributed by atoms with Crippen LogP contribution in [-0.2, 0) is 0 Å². The van der Waals surface area contributed by atoms with Crippen molar-refractivity contribution < 1.29 is 4.79 Å². The zero-order chi connectivity index (χ0) is 13.0. The standard InChI is InChI=1S/C13H21N3O/c1-4-12(5-2)16(3)13(17)9-6-10(14)8-11(15)7-9/h6-8,12H,4-5,14-15H2,1-3H3. The topological polar surface area (TPSA) is 72.3 Å². The highest BCUT2D eigenvalue weighted by molar-refractivity contribution is 5.96. The van der Waals surface area contributed by atoms with E-state index in [2.05, 4.69) is 13.8 Å². The minimum absolute atomic E-state index is 0.0299. The normalized spacial score (nSPS) is 10.6. The number of nitrogens with zero attached hydrogens (tertiary/aromatic N) is 1. The summed E-state index contributed by atoms with van der Waals surface area (Å²) >= 11 is 0. The van der Waals surface area contributed by atoms with Crippen LogP contribution in [-0.4, -0.2) is 23.9 Å². The zero-order valence-corrected chi connectivity index (χ0v) is 10.7. The Bertz CT molecular complexity index is 379. The van der Waals surface area contributed by atoms with Gasteiger partial charge in [0.25, 0.3) is 5.91 Å². The lowest BCUT2D eigenvalue weighted by molar-refractivity contribution is 0.0724. The van der Waals surface area contributed by atoms with Gasteiger partial charge in [0.05, 0.1) is 0 Å². The molecule has 0 radical (unpaired) electrons. The van der Waals surface area contributed by atoms with Gasteiger partial charge in [0.15, 0.2) is 0 Å². The lowest BCUT2D eigenvalue weighted by atomic mass is 10.1. The van der Waals surface area contributed by atoms with Gasteiger partial charge in [0.2, 0.25) is 0 Å². The van der Waals surface area contributed by atoms with Crippen LogP contribution >= 0.6 is 0 Å². The highest BCUT2D eigenvalue weighted by Gasteiger charge is 2.18. The predicted molar refractivity (Wildman–Crippen MR) is 71.7 cm³/mol. The van der Waals surface area contributed by atoms with Gasteiger partial charge in [-0.25, -0.2) is 0 Å². The average Bonchev–Trinajstić information content (AvgIpc) is 2.28. The van der Waals surface area contributed by atoms with Crippen molar-refractivity contribution in [2.45, 2.75) is 32.7 Å². The molecular formula is C13H21N3O. The molecule has 0 unspecified atom stereocenters. The molecule has 0 aromatic heterocycles. The molecule has 0 spiro atoms. The SMILES string of the molecule is CCC(CC)N(C)C(=O)c1cc(N)cc(N)c1. The molecule has 4 nitrogen and oxygen atoms in total. The first-order valence-corrected chi connectivity index (χ1v) is 5.92. The number of rotatable bonds is 4. The summed E-state index contributed by atoms with van der Waals surface area (Å²) in [6.45, 7) is 4.15. The third-order valence-corrected chi connectivity index (χ3v) is 3.04. The first-order valence-electron chi connectivity index (χ1n) is 5.92. The van der Waals surface area contributed by atoms with E-state index in [-0.39, 0.29) is 11.9 Å². The molecule has 1 amide bonds. The molecule has 0 aliphatic carbocycles. The van der Waals surface area contributed by atoms with Gasteiger partial charge in [-0.15, -0.1) is 0 Å². The molecule has 0 atom stereocenters. The van der Waals surface area contributed by atoms with E-state index in [0.29, 0.717) is 16.9 Å². The molecule has 1 aromatic rings. The van der Waals surface area contributed by atoms with Crippen LogP contribution in [0.2, 0.25) is 0 Å². The molecule has 4 heteroatoms. The quantitative estimate of drug-likeness (QED) is 0.785. The van der Waals surface area contributed by atoms with Crippen molar-refractivity contribution in [3.63, 3.8) is 0 Å². The third-order valence-electron chi connectivity index (χ3n) is 3.04. The molecule has 17 heavy (non-hydrogen) atoms. The smallest absolute Gasteiger partial charge is 0.253 e. The first-order chi connectivity index (χ1) is 7.99. The maximum atomic E-state index is 12.2. The van der Waals surface area contributed by atoms with Crippen LogP contribution in [0.1, 0.15) is 37.0 Å². The molecule has 94 valence electrons. The van der Waals surface area contributed by atoms with Crippen molar-refractivity contribution in [2.24, 2.45) is 0 Å². The van der Waals surface area contributed by atoms with Crippen molar-refractivity contribution in [3.8, 4) is 0 Å². The van der Waals surface area contributed by atoms with E-state index in [9.17, 15) is 4.79 Å². The van der Waals surface area contributed by atoms with E-state index < -0.39 is 0 Å². The van der Waals surface area contributed by atoms with E-state index in [0.717, 1.165) is 12.8 Å². The number of nitrogens with two attached hydrogens (primary N) is 2. The highest BCUT2D eigenvalue weighted by Crippen LogP contribution is 2.17. The summed E-state index contributed by atoms with van der Waals surface area (Å²) in [5.41, 5.74) is 13.0. The van der Waals surface area contributed by atoms with Gasteiger partial charge in [0.1, 0.15) is 0 Å². The fourth-order valence-corrected chi connectivity index (χ4v) is 2.01. The van der Waals surface area contributed by atoms with Crippen LogP contribution in [0, 0.1) is 0 Å². The number of anilines is 2. The number of amides is 1.